The van der Waals surface area contributed by atoms with Crippen LogP contribution in [0.1, 0.15) is 19.2 Å². The minimum atomic E-state index is -0.00793. The molecule has 0 atom stereocenters. The molecule has 0 saturated heterocycles. The third-order valence-corrected chi connectivity index (χ3v) is 3.41. The largest absolute Gasteiger partial charge is 1.00 e. The first-order valence-corrected chi connectivity index (χ1v) is 6.16. The van der Waals surface area contributed by atoms with Gasteiger partial charge in [0.25, 0.3) is 0 Å². The molecule has 1 N–H and O–H groups in total. The molecule has 0 spiro atoms. The zero-order valence-corrected chi connectivity index (χ0v) is 12.0. The third kappa shape index (κ3) is 1.94. The molecule has 0 unspecified atom stereocenters. The van der Waals surface area contributed by atoms with Gasteiger partial charge in [-0.15, -0.1) is 0 Å². The van der Waals surface area contributed by atoms with Crippen molar-refractivity contribution >= 4 is 22.1 Å². The van der Waals surface area contributed by atoms with Gasteiger partial charge in [0.1, 0.15) is 5.82 Å². The molecule has 1 aromatic carbocycles. The van der Waals surface area contributed by atoms with Gasteiger partial charge >= 0.3 is 5.69 Å². The monoisotopic (exact) mass is 279 g/mol. The molecule has 0 amide bonds. The van der Waals surface area contributed by atoms with Gasteiger partial charge in [-0.25, -0.2) is 9.78 Å². The molecule has 0 aliphatic rings. The number of nitrogens with zero attached hydrogens (tertiary/aromatic N) is 3. The highest BCUT2D eigenvalue weighted by molar-refractivity contribution is 5.91. The second-order valence-corrected chi connectivity index (χ2v) is 4.69. The first-order chi connectivity index (χ1) is 8.61. The minimum absolute atomic E-state index is 0. The Morgan fingerprint density at radius 1 is 1.21 bits per heavy atom. The predicted octanol–water partition coefficient (Wildman–Crippen LogP) is -1.29. The van der Waals surface area contributed by atoms with Gasteiger partial charge in [0, 0.05) is 20.5 Å². The molecule has 0 bridgehead atoms. The van der Waals surface area contributed by atoms with Crippen LogP contribution in [0.4, 0.5) is 0 Å². The van der Waals surface area contributed by atoms with E-state index in [1.54, 1.807) is 23.2 Å². The van der Waals surface area contributed by atoms with Crippen molar-refractivity contribution in [1.82, 2.24) is 19.1 Å². The van der Waals surface area contributed by atoms with Crippen molar-refractivity contribution in [3.8, 4) is 0 Å². The summed E-state index contributed by atoms with van der Waals surface area (Å²) in [6.45, 7) is 2.13. The highest BCUT2D eigenvalue weighted by Crippen LogP contribution is 2.20. The van der Waals surface area contributed by atoms with Gasteiger partial charge in [-0.3, -0.25) is 9.13 Å². The van der Waals surface area contributed by atoms with Crippen molar-refractivity contribution in [2.24, 2.45) is 14.1 Å². The maximum absolute atomic E-state index is 11.9. The maximum atomic E-state index is 11.9. The number of hydrogen-bond donors (Lipinski definition) is 1. The Labute approximate surface area is 116 Å². The lowest BCUT2D eigenvalue weighted by Gasteiger charge is -1.94. The van der Waals surface area contributed by atoms with Gasteiger partial charge in [0.05, 0.1) is 22.1 Å². The van der Waals surface area contributed by atoms with E-state index in [0.29, 0.717) is 0 Å². The summed E-state index contributed by atoms with van der Waals surface area (Å²) < 4.78 is 3.32. The summed E-state index contributed by atoms with van der Waals surface area (Å²) in [6, 6.07) is 3.97. The zero-order chi connectivity index (χ0) is 12.9. The Balaban J connectivity index is 0.00000133. The lowest BCUT2D eigenvalue weighted by Crippen LogP contribution is -3.00. The molecule has 3 rings (SSSR count). The fourth-order valence-electron chi connectivity index (χ4n) is 2.41. The second kappa shape index (κ2) is 4.74. The van der Waals surface area contributed by atoms with Crippen LogP contribution in [-0.4, -0.2) is 19.1 Å². The van der Waals surface area contributed by atoms with Crippen LogP contribution in [0.15, 0.2) is 16.9 Å². The number of aromatic amines is 1. The number of aryl methyl sites for hydroxylation is 3. The predicted molar refractivity (Wildman–Crippen MR) is 71.8 cm³/mol. The van der Waals surface area contributed by atoms with E-state index in [9.17, 15) is 4.79 Å². The summed E-state index contributed by atoms with van der Waals surface area (Å²) in [5.41, 5.74) is 3.76. The highest BCUT2D eigenvalue weighted by atomic mass is 35.5. The minimum Gasteiger partial charge on any atom is -1.00 e. The summed E-state index contributed by atoms with van der Waals surface area (Å²) in [4.78, 5) is 19.7. The normalized spacial score (nSPS) is 11.1. The molecule has 19 heavy (non-hydrogen) atoms. The Kier molecular flexibility index (Phi) is 3.41. The number of fused-ring (bicyclic) bond motifs is 2. The maximum Gasteiger partial charge on any atom is 0.328 e. The number of rotatable bonds is 2. The van der Waals surface area contributed by atoms with E-state index in [1.165, 1.54) is 0 Å². The molecular weight excluding hydrogens is 264 g/mol. The fraction of sp³-hybridized carbons (Fsp3) is 0.385. The molecule has 0 aliphatic heterocycles. The number of benzene rings is 1. The molecule has 0 radical (unpaired) electrons. The van der Waals surface area contributed by atoms with E-state index in [0.717, 1.165) is 40.7 Å². The van der Waals surface area contributed by atoms with Gasteiger partial charge in [-0.2, -0.15) is 0 Å². The Morgan fingerprint density at radius 2 is 1.84 bits per heavy atom. The summed E-state index contributed by atoms with van der Waals surface area (Å²) in [5.74, 6) is 1.01. The quantitative estimate of drug-likeness (QED) is 0.635. The molecule has 0 aliphatic carbocycles. The molecular formula is C13H16ClN4O-. The van der Waals surface area contributed by atoms with Crippen LogP contribution in [0.3, 0.4) is 0 Å². The number of imidazole rings is 2. The van der Waals surface area contributed by atoms with Crippen molar-refractivity contribution in [1.29, 1.82) is 0 Å². The first-order valence-electron chi connectivity index (χ1n) is 6.16. The van der Waals surface area contributed by atoms with Crippen molar-refractivity contribution in [3.05, 3.63) is 28.4 Å². The molecule has 102 valence electrons. The Morgan fingerprint density at radius 3 is 2.47 bits per heavy atom. The number of halogens is 1. The lowest BCUT2D eigenvalue weighted by molar-refractivity contribution is -0.00000407. The molecule has 0 fully saturated rings. The average Bonchev–Trinajstić information content (AvgIpc) is 2.83. The van der Waals surface area contributed by atoms with Crippen molar-refractivity contribution in [2.45, 2.75) is 19.8 Å². The number of nitrogens with one attached hydrogen (secondary N) is 1. The van der Waals surface area contributed by atoms with E-state index in [2.05, 4.69) is 16.9 Å². The lowest BCUT2D eigenvalue weighted by atomic mass is 10.2. The molecule has 6 heteroatoms. The topological polar surface area (TPSA) is 55.6 Å². The van der Waals surface area contributed by atoms with Gasteiger partial charge in [0.2, 0.25) is 0 Å². The number of hydrogen-bond acceptors (Lipinski definition) is 2. The Bertz CT molecular complexity index is 736. The SMILES string of the molecule is CCCc1nc2cc3c(cc2[nH]1)n(C)c(=O)n3C.[Cl-]. The van der Waals surface area contributed by atoms with Crippen LogP contribution in [0, 0.1) is 0 Å². The van der Waals surface area contributed by atoms with E-state index in [4.69, 9.17) is 0 Å². The van der Waals surface area contributed by atoms with Crippen LogP contribution in [0.5, 0.6) is 0 Å². The van der Waals surface area contributed by atoms with Gasteiger partial charge < -0.3 is 17.4 Å². The van der Waals surface area contributed by atoms with Crippen LogP contribution in [0.2, 0.25) is 0 Å². The standard InChI is InChI=1S/C13H16N4O.ClH/c1-4-5-12-14-8-6-10-11(7-9(8)15-12)17(3)13(18)16(10)2;/h6-7H,4-5H2,1-3H3,(H,14,15);1H/p-1. The summed E-state index contributed by atoms with van der Waals surface area (Å²) in [5, 5.41) is 0. The van der Waals surface area contributed by atoms with Crippen LogP contribution in [0.25, 0.3) is 22.1 Å². The van der Waals surface area contributed by atoms with Crippen LogP contribution < -0.4 is 18.1 Å². The van der Waals surface area contributed by atoms with Gasteiger partial charge in [0.15, 0.2) is 0 Å². The second-order valence-electron chi connectivity index (χ2n) is 4.69. The molecule has 5 nitrogen and oxygen atoms in total. The van der Waals surface area contributed by atoms with E-state index < -0.39 is 0 Å². The summed E-state index contributed by atoms with van der Waals surface area (Å²) >= 11 is 0. The third-order valence-electron chi connectivity index (χ3n) is 3.41. The average molecular weight is 280 g/mol. The van der Waals surface area contributed by atoms with Crippen molar-refractivity contribution < 1.29 is 12.4 Å². The zero-order valence-electron chi connectivity index (χ0n) is 11.2. The first kappa shape index (κ1) is 13.7. The number of aromatic nitrogens is 4. The Hall–Kier alpha value is -1.75. The molecule has 2 heterocycles. The fourth-order valence-corrected chi connectivity index (χ4v) is 2.41. The van der Waals surface area contributed by atoms with Crippen LogP contribution >= 0.6 is 0 Å². The smallest absolute Gasteiger partial charge is 0.328 e. The summed E-state index contributed by atoms with van der Waals surface area (Å²) in [7, 11) is 3.58. The van der Waals surface area contributed by atoms with Gasteiger partial charge in [-0.05, 0) is 18.6 Å². The molecule has 2 aromatic heterocycles. The van der Waals surface area contributed by atoms with E-state index >= 15 is 0 Å². The van der Waals surface area contributed by atoms with E-state index in [1.807, 2.05) is 12.1 Å². The van der Waals surface area contributed by atoms with E-state index in [-0.39, 0.29) is 18.1 Å². The molecule has 0 saturated carbocycles. The van der Waals surface area contributed by atoms with Crippen LogP contribution in [-0.2, 0) is 20.5 Å². The number of H-pyrrole nitrogens is 1. The van der Waals surface area contributed by atoms with Crippen molar-refractivity contribution in [2.75, 3.05) is 0 Å². The highest BCUT2D eigenvalue weighted by Gasteiger charge is 2.11. The molecule has 3 aromatic rings. The van der Waals surface area contributed by atoms with Gasteiger partial charge in [-0.1, -0.05) is 6.92 Å². The van der Waals surface area contributed by atoms with Crippen molar-refractivity contribution in [3.63, 3.8) is 0 Å². The summed E-state index contributed by atoms with van der Waals surface area (Å²) in [6.07, 6.45) is 2.02.